The number of nitrogens with two attached hydrogens (primary N) is 1. The van der Waals surface area contributed by atoms with E-state index >= 15 is 0 Å². The van der Waals surface area contributed by atoms with Gasteiger partial charge in [0.2, 0.25) is 0 Å². The molecule has 90 valence electrons. The first-order valence-corrected chi connectivity index (χ1v) is 6.08. The molecule has 0 saturated heterocycles. The molecule has 0 amide bonds. The number of anilines is 1. The first-order chi connectivity index (χ1) is 8.24. The van der Waals surface area contributed by atoms with Gasteiger partial charge in [0.05, 0.1) is 18.6 Å². The van der Waals surface area contributed by atoms with Crippen LogP contribution in [0.2, 0.25) is 0 Å². The maximum Gasteiger partial charge on any atom is 0.180 e. The van der Waals surface area contributed by atoms with Gasteiger partial charge in [-0.2, -0.15) is 0 Å². The average molecular weight is 250 g/mol. The predicted octanol–water partition coefficient (Wildman–Crippen LogP) is 2.80. The number of aromatic nitrogens is 1. The zero-order valence-corrected chi connectivity index (χ0v) is 10.6. The van der Waals surface area contributed by atoms with Crippen molar-refractivity contribution in [2.75, 3.05) is 19.5 Å². The largest absolute Gasteiger partial charge is 0.497 e. The van der Waals surface area contributed by atoms with Gasteiger partial charge in [0.1, 0.15) is 11.5 Å². The van der Waals surface area contributed by atoms with E-state index in [1.54, 1.807) is 13.3 Å². The quantitative estimate of drug-likeness (QED) is 0.906. The molecule has 4 nitrogen and oxygen atoms in total. The van der Waals surface area contributed by atoms with E-state index in [9.17, 15) is 0 Å². The van der Waals surface area contributed by atoms with Crippen LogP contribution in [0.5, 0.6) is 11.5 Å². The second-order valence-corrected chi connectivity index (χ2v) is 4.42. The van der Waals surface area contributed by atoms with Crippen LogP contribution < -0.4 is 15.2 Å². The molecule has 0 radical (unpaired) electrons. The van der Waals surface area contributed by atoms with Crippen molar-refractivity contribution in [3.8, 4) is 21.9 Å². The van der Waals surface area contributed by atoms with Gasteiger partial charge in [-0.3, -0.25) is 0 Å². The minimum absolute atomic E-state index is 0.547. The Balaban J connectivity index is 2.48. The highest BCUT2D eigenvalue weighted by molar-refractivity contribution is 7.18. The van der Waals surface area contributed by atoms with Gasteiger partial charge >= 0.3 is 0 Å². The number of nitrogens with zero attached hydrogens (tertiary/aromatic N) is 1. The van der Waals surface area contributed by atoms with E-state index < -0.39 is 0 Å². The third-order valence-corrected chi connectivity index (χ3v) is 3.14. The van der Waals surface area contributed by atoms with Crippen molar-refractivity contribution in [2.45, 2.75) is 6.92 Å². The van der Waals surface area contributed by atoms with E-state index in [4.69, 9.17) is 15.2 Å². The van der Waals surface area contributed by atoms with Crippen molar-refractivity contribution in [3.05, 3.63) is 24.4 Å². The summed E-state index contributed by atoms with van der Waals surface area (Å²) < 4.78 is 10.8. The molecule has 2 rings (SSSR count). The van der Waals surface area contributed by atoms with E-state index in [1.165, 1.54) is 11.3 Å². The van der Waals surface area contributed by atoms with E-state index in [0.717, 1.165) is 21.9 Å². The van der Waals surface area contributed by atoms with Crippen molar-refractivity contribution in [1.29, 1.82) is 0 Å². The number of ether oxygens (including phenoxy) is 2. The third kappa shape index (κ3) is 2.50. The first kappa shape index (κ1) is 11.7. The molecule has 1 aromatic heterocycles. The summed E-state index contributed by atoms with van der Waals surface area (Å²) >= 11 is 1.43. The molecule has 1 aromatic carbocycles. The summed E-state index contributed by atoms with van der Waals surface area (Å²) in [4.78, 5) is 5.03. The summed E-state index contributed by atoms with van der Waals surface area (Å²) in [5.74, 6) is 1.60. The lowest BCUT2D eigenvalue weighted by Crippen LogP contribution is -1.94. The van der Waals surface area contributed by atoms with E-state index in [2.05, 4.69) is 4.98 Å². The van der Waals surface area contributed by atoms with Crippen molar-refractivity contribution in [2.24, 2.45) is 0 Å². The van der Waals surface area contributed by atoms with Crippen LogP contribution in [0.15, 0.2) is 24.4 Å². The molecule has 0 bridgehead atoms. The fourth-order valence-corrected chi connectivity index (χ4v) is 2.23. The molecule has 0 saturated carbocycles. The number of nitrogen functional groups attached to an aromatic ring is 1. The van der Waals surface area contributed by atoms with E-state index in [1.807, 2.05) is 25.1 Å². The number of benzene rings is 1. The Kier molecular flexibility index (Phi) is 3.49. The van der Waals surface area contributed by atoms with Gasteiger partial charge in [-0.05, 0) is 25.1 Å². The summed E-state index contributed by atoms with van der Waals surface area (Å²) in [7, 11) is 1.64. The number of hydrogen-bond donors (Lipinski definition) is 1. The Hall–Kier alpha value is -1.75. The van der Waals surface area contributed by atoms with Crippen LogP contribution >= 0.6 is 11.3 Å². The minimum Gasteiger partial charge on any atom is -0.497 e. The monoisotopic (exact) mass is 250 g/mol. The van der Waals surface area contributed by atoms with Gasteiger partial charge in [-0.1, -0.05) is 11.3 Å². The second-order valence-electron chi connectivity index (χ2n) is 3.36. The van der Waals surface area contributed by atoms with Gasteiger partial charge in [0.25, 0.3) is 0 Å². The molecule has 5 heteroatoms. The zero-order valence-electron chi connectivity index (χ0n) is 9.77. The normalized spacial score (nSPS) is 10.2. The minimum atomic E-state index is 0.547. The summed E-state index contributed by atoms with van der Waals surface area (Å²) in [5.41, 5.74) is 6.60. The molecule has 0 unspecified atom stereocenters. The molecule has 2 aromatic rings. The second kappa shape index (κ2) is 5.05. The molecule has 2 N–H and O–H groups in total. The first-order valence-electron chi connectivity index (χ1n) is 5.27. The predicted molar refractivity (Wildman–Crippen MR) is 69.7 cm³/mol. The highest BCUT2D eigenvalue weighted by atomic mass is 32.1. The Bertz CT molecular complexity index is 511. The van der Waals surface area contributed by atoms with Gasteiger partial charge in [0.15, 0.2) is 5.13 Å². The SMILES string of the molecule is CCOc1ccc(OC)cc1-c1cnc(N)s1. The van der Waals surface area contributed by atoms with Crippen molar-refractivity contribution in [1.82, 2.24) is 4.98 Å². The van der Waals surface area contributed by atoms with Crippen molar-refractivity contribution >= 4 is 16.5 Å². The molecule has 0 aliphatic rings. The Morgan fingerprint density at radius 1 is 1.41 bits per heavy atom. The maximum atomic E-state index is 5.65. The van der Waals surface area contributed by atoms with Crippen LogP contribution in [0, 0.1) is 0 Å². The molecular weight excluding hydrogens is 236 g/mol. The molecule has 0 atom stereocenters. The van der Waals surface area contributed by atoms with E-state index in [-0.39, 0.29) is 0 Å². The van der Waals surface area contributed by atoms with Gasteiger partial charge in [-0.25, -0.2) is 4.98 Å². The Morgan fingerprint density at radius 3 is 2.82 bits per heavy atom. The number of methoxy groups -OCH3 is 1. The van der Waals surface area contributed by atoms with Crippen LogP contribution in [0.25, 0.3) is 10.4 Å². The van der Waals surface area contributed by atoms with Gasteiger partial charge in [0, 0.05) is 11.8 Å². The number of rotatable bonds is 4. The summed E-state index contributed by atoms with van der Waals surface area (Å²) in [6.45, 7) is 2.57. The standard InChI is InChI=1S/C12H14N2O2S/c1-3-16-10-5-4-8(15-2)6-9(10)11-7-14-12(13)17-11/h4-7H,3H2,1-2H3,(H2,13,14). The topological polar surface area (TPSA) is 57.4 Å². The lowest BCUT2D eigenvalue weighted by atomic mass is 10.1. The highest BCUT2D eigenvalue weighted by Crippen LogP contribution is 2.37. The molecule has 1 heterocycles. The Labute approximate surface area is 104 Å². The van der Waals surface area contributed by atoms with Gasteiger partial charge in [-0.15, -0.1) is 0 Å². The average Bonchev–Trinajstić information content (AvgIpc) is 2.77. The summed E-state index contributed by atoms with van der Waals surface area (Å²) in [6, 6.07) is 5.70. The lowest BCUT2D eigenvalue weighted by molar-refractivity contribution is 0.340. The van der Waals surface area contributed by atoms with Crippen LogP contribution in [-0.2, 0) is 0 Å². The fourth-order valence-electron chi connectivity index (χ4n) is 1.52. The fraction of sp³-hybridized carbons (Fsp3) is 0.250. The third-order valence-electron chi connectivity index (χ3n) is 2.28. The van der Waals surface area contributed by atoms with Crippen molar-refractivity contribution < 1.29 is 9.47 Å². The molecule has 0 spiro atoms. The van der Waals surface area contributed by atoms with Crippen LogP contribution in [0.4, 0.5) is 5.13 Å². The van der Waals surface area contributed by atoms with Crippen molar-refractivity contribution in [3.63, 3.8) is 0 Å². The van der Waals surface area contributed by atoms with Crippen LogP contribution in [0.3, 0.4) is 0 Å². The molecule has 0 aliphatic carbocycles. The summed E-state index contributed by atoms with van der Waals surface area (Å²) in [5, 5.41) is 0.547. The number of thiazole rings is 1. The zero-order chi connectivity index (χ0) is 12.3. The number of hydrogen-bond acceptors (Lipinski definition) is 5. The lowest BCUT2D eigenvalue weighted by Gasteiger charge is -2.10. The smallest absolute Gasteiger partial charge is 0.180 e. The molecular formula is C12H14N2O2S. The molecule has 0 aliphatic heterocycles. The van der Waals surface area contributed by atoms with E-state index in [0.29, 0.717) is 11.7 Å². The van der Waals surface area contributed by atoms with Gasteiger partial charge < -0.3 is 15.2 Å². The van der Waals surface area contributed by atoms with Crippen LogP contribution in [0.1, 0.15) is 6.92 Å². The maximum absolute atomic E-state index is 5.65. The Morgan fingerprint density at radius 2 is 2.24 bits per heavy atom. The molecule has 0 fully saturated rings. The molecule has 17 heavy (non-hydrogen) atoms. The van der Waals surface area contributed by atoms with Crippen LogP contribution in [-0.4, -0.2) is 18.7 Å². The summed E-state index contributed by atoms with van der Waals surface area (Å²) in [6.07, 6.45) is 1.75. The highest BCUT2D eigenvalue weighted by Gasteiger charge is 2.10.